The van der Waals surface area contributed by atoms with Gasteiger partial charge < -0.3 is 30.6 Å². The quantitative estimate of drug-likeness (QED) is 0.152. The van der Waals surface area contributed by atoms with Gasteiger partial charge >= 0.3 is 11.9 Å². The number of rotatable bonds is 11. The summed E-state index contributed by atoms with van der Waals surface area (Å²) in [4.78, 5) is 38.6. The minimum absolute atomic E-state index is 0.0951. The third-order valence-corrected chi connectivity index (χ3v) is 8.87. The molecule has 0 aromatic heterocycles. The van der Waals surface area contributed by atoms with Crippen molar-refractivity contribution in [3.8, 4) is 23.7 Å². The highest BCUT2D eigenvalue weighted by molar-refractivity contribution is 6.32. The van der Waals surface area contributed by atoms with Crippen molar-refractivity contribution in [2.45, 2.75) is 57.7 Å². The molecule has 13 heteroatoms. The number of nitriles is 1. The van der Waals surface area contributed by atoms with E-state index in [4.69, 9.17) is 43.1 Å². The van der Waals surface area contributed by atoms with E-state index in [1.807, 2.05) is 20.8 Å². The summed E-state index contributed by atoms with van der Waals surface area (Å²) in [5.41, 5.74) is 3.97. The molecule has 10 nitrogen and oxygen atoms in total. The van der Waals surface area contributed by atoms with Gasteiger partial charge in [0.05, 0.1) is 35.5 Å². The molecule has 0 radical (unpaired) electrons. The fourth-order valence-corrected chi connectivity index (χ4v) is 6.53. The number of amides is 1. The molecule has 1 amide bonds. The van der Waals surface area contributed by atoms with Crippen LogP contribution < -0.4 is 21.1 Å². The fraction of sp³-hybridized carbons (Fsp3) is 0.405. The summed E-state index contributed by atoms with van der Waals surface area (Å²) in [7, 11) is 1.37. The van der Waals surface area contributed by atoms with Gasteiger partial charge in [0.1, 0.15) is 36.2 Å². The standard InChI is InChI=1S/C37H39Cl2FN4O6/c1-21(42)34(46)49-15-16-50-35(47)23-10-14-28(29(17-23)48-5)43-33(45)32-31(22-7-6-8-24(38)11-9-22)37(20-41,30(44-32)19-36(2,3)4)26-13-12-25(39)18-27(26)40/h6-8,10,12-14,17-18,21-22,30-32,44H,15-16,19,42H2,1-5H3,(H,43,45)/t21?,22?,30?,31?,32-,37+/m1/s1. The van der Waals surface area contributed by atoms with Crippen LogP contribution in [0.4, 0.5) is 10.1 Å². The summed E-state index contributed by atoms with van der Waals surface area (Å²) in [6.07, 6.45) is 5.46. The van der Waals surface area contributed by atoms with E-state index in [1.165, 1.54) is 44.4 Å². The lowest BCUT2D eigenvalue weighted by Gasteiger charge is -2.38. The van der Waals surface area contributed by atoms with Crippen LogP contribution in [0.5, 0.6) is 5.75 Å². The zero-order valence-corrected chi connectivity index (χ0v) is 29.8. The lowest BCUT2D eigenvalue weighted by Crippen LogP contribution is -2.47. The summed E-state index contributed by atoms with van der Waals surface area (Å²) < 4.78 is 31.6. The summed E-state index contributed by atoms with van der Waals surface area (Å²) in [5.74, 6) is 1.96. The highest BCUT2D eigenvalue weighted by atomic mass is 35.5. The van der Waals surface area contributed by atoms with Crippen molar-refractivity contribution in [3.63, 3.8) is 0 Å². The van der Waals surface area contributed by atoms with Gasteiger partial charge in [0, 0.05) is 28.5 Å². The molecule has 2 aliphatic rings. The molecule has 1 fully saturated rings. The number of halogens is 3. The summed E-state index contributed by atoms with van der Waals surface area (Å²) in [6, 6.07) is 8.36. The number of carbonyl (C=O) groups is 3. The Morgan fingerprint density at radius 3 is 2.52 bits per heavy atom. The molecule has 1 aliphatic heterocycles. The van der Waals surface area contributed by atoms with Gasteiger partial charge in [0.25, 0.3) is 0 Å². The first-order valence-electron chi connectivity index (χ1n) is 15.9. The molecule has 4 rings (SSSR count). The van der Waals surface area contributed by atoms with E-state index in [2.05, 4.69) is 28.5 Å². The maximum absolute atomic E-state index is 15.9. The molecule has 0 saturated carbocycles. The van der Waals surface area contributed by atoms with Crippen LogP contribution in [-0.4, -0.2) is 56.3 Å². The number of anilines is 1. The van der Waals surface area contributed by atoms with Gasteiger partial charge in [-0.3, -0.25) is 9.59 Å². The average molecular weight is 726 g/mol. The van der Waals surface area contributed by atoms with Crippen molar-refractivity contribution in [2.24, 2.45) is 23.0 Å². The molecular formula is C37H39Cl2FN4O6. The number of carbonyl (C=O) groups excluding carboxylic acids is 3. The minimum Gasteiger partial charge on any atom is -0.495 e. The van der Waals surface area contributed by atoms with E-state index in [1.54, 1.807) is 18.2 Å². The maximum atomic E-state index is 15.9. The Morgan fingerprint density at radius 1 is 1.16 bits per heavy atom. The van der Waals surface area contributed by atoms with Crippen molar-refractivity contribution in [1.29, 1.82) is 5.26 Å². The molecule has 50 heavy (non-hydrogen) atoms. The van der Waals surface area contributed by atoms with Gasteiger partial charge in [-0.05, 0) is 55.2 Å². The van der Waals surface area contributed by atoms with Crippen LogP contribution in [0.25, 0.3) is 0 Å². The largest absolute Gasteiger partial charge is 0.495 e. The maximum Gasteiger partial charge on any atom is 0.338 e. The number of nitrogens with one attached hydrogen (secondary N) is 2. The first kappa shape index (κ1) is 38.4. The first-order valence-corrected chi connectivity index (χ1v) is 16.6. The normalized spacial score (nSPS) is 23.3. The lowest BCUT2D eigenvalue weighted by molar-refractivity contribution is -0.145. The van der Waals surface area contributed by atoms with Crippen LogP contribution in [0.2, 0.25) is 5.02 Å². The number of methoxy groups -OCH3 is 1. The monoisotopic (exact) mass is 724 g/mol. The molecule has 1 heterocycles. The smallest absolute Gasteiger partial charge is 0.338 e. The number of hydrogen-bond acceptors (Lipinski definition) is 9. The van der Waals surface area contributed by atoms with Gasteiger partial charge in [-0.25, -0.2) is 9.18 Å². The number of benzene rings is 2. The SMILES string of the molecule is COc1cc(C(=O)OCCOC(=O)C(C)N)ccc1NC(=O)[C@@H]1NC(CC(C)(C)C)[C@](C#N)(c2ccc(Cl)cc2F)C1C1C#CC(Cl)=CC=C1. The Labute approximate surface area is 301 Å². The molecule has 1 saturated heterocycles. The summed E-state index contributed by atoms with van der Waals surface area (Å²) in [5, 5.41) is 17.8. The predicted molar refractivity (Wildman–Crippen MR) is 188 cm³/mol. The molecule has 264 valence electrons. The van der Waals surface area contributed by atoms with E-state index in [-0.39, 0.29) is 51.2 Å². The highest BCUT2D eigenvalue weighted by Crippen LogP contribution is 2.51. The molecule has 4 N–H and O–H groups in total. The van der Waals surface area contributed by atoms with Gasteiger partial charge in [-0.15, -0.1) is 0 Å². The van der Waals surface area contributed by atoms with Crippen molar-refractivity contribution >= 4 is 46.7 Å². The van der Waals surface area contributed by atoms with E-state index in [0.29, 0.717) is 6.42 Å². The molecular weight excluding hydrogens is 686 g/mol. The molecule has 4 unspecified atom stereocenters. The van der Waals surface area contributed by atoms with Crippen molar-refractivity contribution in [2.75, 3.05) is 25.6 Å². The Morgan fingerprint density at radius 2 is 1.88 bits per heavy atom. The number of esters is 2. The number of hydrogen-bond donors (Lipinski definition) is 3. The second kappa shape index (κ2) is 16.1. The lowest BCUT2D eigenvalue weighted by atomic mass is 9.61. The third kappa shape index (κ3) is 8.66. The van der Waals surface area contributed by atoms with Crippen molar-refractivity contribution in [3.05, 3.63) is 81.6 Å². The molecule has 0 spiro atoms. The van der Waals surface area contributed by atoms with E-state index >= 15 is 4.39 Å². The number of allylic oxidation sites excluding steroid dienone is 4. The van der Waals surface area contributed by atoms with Crippen molar-refractivity contribution < 1.29 is 33.0 Å². The molecule has 1 aliphatic carbocycles. The zero-order chi connectivity index (χ0) is 36.8. The molecule has 0 bridgehead atoms. The average Bonchev–Trinajstić information content (AvgIpc) is 3.20. The highest BCUT2D eigenvalue weighted by Gasteiger charge is 2.61. The second-order valence-corrected chi connectivity index (χ2v) is 14.1. The predicted octanol–water partition coefficient (Wildman–Crippen LogP) is 5.64. The molecule has 6 atom stereocenters. The Balaban J connectivity index is 1.71. The van der Waals surface area contributed by atoms with E-state index < -0.39 is 59.0 Å². The van der Waals surface area contributed by atoms with Gasteiger partial charge in [-0.1, -0.05) is 74.0 Å². The van der Waals surface area contributed by atoms with Crippen molar-refractivity contribution in [1.82, 2.24) is 5.32 Å². The van der Waals surface area contributed by atoms with Gasteiger partial charge in [0.2, 0.25) is 5.91 Å². The van der Waals surface area contributed by atoms with Crippen LogP contribution in [0.15, 0.2) is 59.7 Å². The van der Waals surface area contributed by atoms with E-state index in [9.17, 15) is 19.6 Å². The van der Waals surface area contributed by atoms with Crippen LogP contribution in [0.3, 0.4) is 0 Å². The summed E-state index contributed by atoms with van der Waals surface area (Å²) in [6.45, 7) is 7.10. The van der Waals surface area contributed by atoms with Crippen LogP contribution in [-0.2, 0) is 24.5 Å². The van der Waals surface area contributed by atoms with E-state index in [0.717, 1.165) is 6.07 Å². The molecule has 2 aromatic carbocycles. The minimum atomic E-state index is -1.58. The van der Waals surface area contributed by atoms with Crippen LogP contribution in [0, 0.1) is 46.2 Å². The number of nitrogens with zero attached hydrogens (tertiary/aromatic N) is 1. The zero-order valence-electron chi connectivity index (χ0n) is 28.3. The first-order chi connectivity index (χ1) is 23.6. The third-order valence-electron chi connectivity index (χ3n) is 8.41. The second-order valence-electron chi connectivity index (χ2n) is 13.3. The summed E-state index contributed by atoms with van der Waals surface area (Å²) >= 11 is 12.4. The number of nitrogens with two attached hydrogens (primary N) is 1. The molecule has 2 aromatic rings. The van der Waals surface area contributed by atoms with Crippen LogP contribution >= 0.6 is 23.2 Å². The van der Waals surface area contributed by atoms with Gasteiger partial charge in [-0.2, -0.15) is 5.26 Å². The fourth-order valence-electron chi connectivity index (χ4n) is 6.25. The topological polar surface area (TPSA) is 153 Å². The number of ether oxygens (including phenoxy) is 3. The van der Waals surface area contributed by atoms with Gasteiger partial charge in [0.15, 0.2) is 0 Å². The Bertz CT molecular complexity index is 1810. The van der Waals surface area contributed by atoms with Crippen LogP contribution in [0.1, 0.15) is 50.0 Å². The Hall–Kier alpha value is -4.39. The Kier molecular flexibility index (Phi) is 12.4.